The Morgan fingerprint density at radius 1 is 1.23 bits per heavy atom. The fourth-order valence-corrected chi connectivity index (χ4v) is 10.1. The molecule has 0 spiro atoms. The van der Waals surface area contributed by atoms with Gasteiger partial charge in [0.1, 0.15) is 18.5 Å². The number of rotatable bonds is 5. The number of alkyl halides is 2. The topological polar surface area (TPSA) is 87.1 Å². The van der Waals surface area contributed by atoms with Gasteiger partial charge in [0.2, 0.25) is 0 Å². The Morgan fingerprint density at radius 2 is 1.98 bits per heavy atom. The van der Waals surface area contributed by atoms with Crippen LogP contribution in [0, 0.1) is 33.5 Å². The zero-order valence-electron chi connectivity index (χ0n) is 23.6. The molecule has 1 aromatic carbocycles. The molecule has 9 atom stereocenters. The predicted molar refractivity (Wildman–Crippen MR) is 145 cm³/mol. The van der Waals surface area contributed by atoms with E-state index in [1.807, 2.05) is 38.1 Å². The lowest BCUT2D eigenvalue weighted by Gasteiger charge is -2.67. The molecule has 6 nitrogen and oxygen atoms in total. The second kappa shape index (κ2) is 8.79. The van der Waals surface area contributed by atoms with Crippen LogP contribution >= 0.6 is 0 Å². The Balaban J connectivity index is 1.42. The minimum Gasteiger partial charge on any atom is -0.497 e. The first-order valence-electron chi connectivity index (χ1n) is 14.3. The summed E-state index contributed by atoms with van der Waals surface area (Å²) in [5, 5.41) is 22.0. The Labute approximate surface area is 234 Å². The minimum absolute atomic E-state index is 0.00729. The minimum atomic E-state index is -2.21. The number of aliphatic hydroxyl groups excluding tert-OH is 2. The average Bonchev–Trinajstić information content (AvgIpc) is 3.36. The van der Waals surface area contributed by atoms with E-state index in [1.54, 1.807) is 14.0 Å². The maximum absolute atomic E-state index is 17.7. The average molecular weight is 556 g/mol. The molecule has 4 fully saturated rings. The number of methoxy groups -OCH3 is 1. The van der Waals surface area contributed by atoms with Gasteiger partial charge in [0, 0.05) is 31.0 Å². The van der Waals surface area contributed by atoms with Gasteiger partial charge in [-0.2, -0.15) is 0 Å². The fourth-order valence-electron chi connectivity index (χ4n) is 10.1. The van der Waals surface area contributed by atoms with Gasteiger partial charge in [0.05, 0.1) is 18.6 Å². The first-order chi connectivity index (χ1) is 18.8. The smallest absolute Gasteiger partial charge is 0.178 e. The van der Waals surface area contributed by atoms with Crippen LogP contribution in [-0.4, -0.2) is 71.4 Å². The van der Waals surface area contributed by atoms with Crippen molar-refractivity contribution in [2.75, 3.05) is 26.8 Å². The molecule has 2 N–H and O–H groups in total. The molecule has 216 valence electrons. The van der Waals surface area contributed by atoms with E-state index < -0.39 is 52.1 Å². The van der Waals surface area contributed by atoms with Crippen LogP contribution in [-0.2, 0) is 16.1 Å². The van der Waals surface area contributed by atoms with Crippen LogP contribution in [0.15, 0.2) is 48.1 Å². The molecule has 0 radical (unpaired) electrons. The number of nitrogens with zero attached hydrogens (tertiary/aromatic N) is 1. The quantitative estimate of drug-likeness (QED) is 0.572. The number of aliphatic hydroxyl groups is 2. The predicted octanol–water partition coefficient (Wildman–Crippen LogP) is 3.99. The van der Waals surface area contributed by atoms with Gasteiger partial charge in [0.25, 0.3) is 0 Å². The van der Waals surface area contributed by atoms with E-state index >= 15 is 8.78 Å². The van der Waals surface area contributed by atoms with Gasteiger partial charge in [-0.15, -0.1) is 0 Å². The summed E-state index contributed by atoms with van der Waals surface area (Å²) in [4.78, 5) is 28.2. The number of hydrogen-bond acceptors (Lipinski definition) is 6. The van der Waals surface area contributed by atoms with Crippen molar-refractivity contribution in [2.24, 2.45) is 33.5 Å². The summed E-state index contributed by atoms with van der Waals surface area (Å²) in [6.45, 7) is 6.41. The van der Waals surface area contributed by atoms with Crippen LogP contribution in [0.1, 0.15) is 45.6 Å². The number of hydrogen-bond donors (Lipinski definition) is 2. The first kappa shape index (κ1) is 27.7. The Kier molecular flexibility index (Phi) is 6.10. The highest BCUT2D eigenvalue weighted by Gasteiger charge is 2.81. The number of allylic oxidation sites excluding steroid dienone is 4. The second-order valence-corrected chi connectivity index (χ2v) is 13.5. The van der Waals surface area contributed by atoms with Crippen molar-refractivity contribution >= 4 is 11.6 Å². The fraction of sp³-hybridized carbons (Fsp3) is 0.625. The van der Waals surface area contributed by atoms with E-state index in [-0.39, 0.29) is 35.9 Å². The monoisotopic (exact) mass is 555 g/mol. The zero-order valence-corrected chi connectivity index (χ0v) is 23.6. The lowest BCUT2D eigenvalue weighted by molar-refractivity contribution is -0.242. The number of likely N-dealkylation sites (tertiary alicyclic amines) is 1. The molecule has 8 heteroatoms. The van der Waals surface area contributed by atoms with E-state index in [0.717, 1.165) is 11.3 Å². The SMILES string of the molecule is COc1cccc(CN2CC3CC4(C)C5CC(F)C6=CC(=O)C=CC6(C)C5(F)C(O)CC4(C)C3(C(=O)CO)C2)c1. The van der Waals surface area contributed by atoms with Crippen LogP contribution in [0.5, 0.6) is 5.75 Å². The van der Waals surface area contributed by atoms with Crippen molar-refractivity contribution in [2.45, 2.75) is 64.5 Å². The third kappa shape index (κ3) is 3.18. The van der Waals surface area contributed by atoms with E-state index in [1.165, 1.54) is 18.2 Å². The van der Waals surface area contributed by atoms with Crippen molar-refractivity contribution in [1.29, 1.82) is 0 Å². The number of carbonyl (C=O) groups excluding carboxylic acids is 2. The van der Waals surface area contributed by atoms with Gasteiger partial charge in [-0.3, -0.25) is 14.5 Å². The largest absolute Gasteiger partial charge is 0.497 e. The van der Waals surface area contributed by atoms with Crippen LogP contribution in [0.25, 0.3) is 0 Å². The molecule has 3 saturated carbocycles. The molecule has 4 aliphatic carbocycles. The Bertz CT molecular complexity index is 1330. The maximum atomic E-state index is 17.7. The number of fused-ring (bicyclic) bond motifs is 7. The number of halogens is 2. The second-order valence-electron chi connectivity index (χ2n) is 13.5. The highest BCUT2D eigenvalue weighted by Crippen LogP contribution is 2.79. The highest BCUT2D eigenvalue weighted by atomic mass is 19.1. The number of ether oxygens (including phenoxy) is 1. The van der Waals surface area contributed by atoms with Gasteiger partial charge < -0.3 is 14.9 Å². The molecular weight excluding hydrogens is 516 g/mol. The molecule has 5 aliphatic rings. The van der Waals surface area contributed by atoms with E-state index in [2.05, 4.69) is 4.90 Å². The Hall–Kier alpha value is -2.42. The molecular formula is C32H39F2NO5. The van der Waals surface area contributed by atoms with E-state index in [0.29, 0.717) is 26.1 Å². The van der Waals surface area contributed by atoms with Gasteiger partial charge in [-0.05, 0) is 78.4 Å². The van der Waals surface area contributed by atoms with Crippen LogP contribution in [0.3, 0.4) is 0 Å². The van der Waals surface area contributed by atoms with Crippen molar-refractivity contribution in [3.05, 3.63) is 53.6 Å². The van der Waals surface area contributed by atoms with Gasteiger partial charge in [-0.25, -0.2) is 8.78 Å². The van der Waals surface area contributed by atoms with Crippen molar-refractivity contribution in [1.82, 2.24) is 4.90 Å². The highest BCUT2D eigenvalue weighted by molar-refractivity contribution is 6.01. The summed E-state index contributed by atoms with van der Waals surface area (Å²) in [5.74, 6) is -1.00. The van der Waals surface area contributed by atoms with Gasteiger partial charge in [0.15, 0.2) is 17.2 Å². The molecule has 6 rings (SSSR count). The zero-order chi connectivity index (χ0) is 28.9. The van der Waals surface area contributed by atoms with E-state index in [9.17, 15) is 19.8 Å². The molecule has 1 saturated heterocycles. The molecule has 1 aromatic rings. The standard InChI is InChI=1S/C32H39F2NO5/c1-28-9-8-21(37)11-23(28)24(33)12-25-29(2)13-20-16-35(15-19-6-5-7-22(10-19)40-4)18-31(20,27(39)17-36)30(29,3)14-26(38)32(25,28)34/h5-11,20,24-26,36,38H,12-18H2,1-4H3. The summed E-state index contributed by atoms with van der Waals surface area (Å²) >= 11 is 0. The Morgan fingerprint density at radius 3 is 2.67 bits per heavy atom. The van der Waals surface area contributed by atoms with Crippen LogP contribution in [0.4, 0.5) is 8.78 Å². The third-order valence-electron chi connectivity index (χ3n) is 12.2. The summed E-state index contributed by atoms with van der Waals surface area (Å²) in [6, 6.07) is 7.75. The van der Waals surface area contributed by atoms with Crippen LogP contribution in [0.2, 0.25) is 0 Å². The summed E-state index contributed by atoms with van der Waals surface area (Å²) in [5.41, 5.74) is -5.30. The molecule has 1 heterocycles. The van der Waals surface area contributed by atoms with Crippen molar-refractivity contribution in [3.8, 4) is 5.75 Å². The number of Topliss-reactive ketones (excluding diaryl/α,β-unsaturated/α-hetero) is 1. The lowest BCUT2D eigenvalue weighted by Crippen LogP contribution is -2.72. The number of ketones is 2. The van der Waals surface area contributed by atoms with Gasteiger partial charge in [-0.1, -0.05) is 32.1 Å². The van der Waals surface area contributed by atoms with Crippen molar-refractivity contribution in [3.63, 3.8) is 0 Å². The third-order valence-corrected chi connectivity index (χ3v) is 12.2. The number of benzene rings is 1. The summed E-state index contributed by atoms with van der Waals surface area (Å²) in [7, 11) is 1.61. The molecule has 1 aliphatic heterocycles. The van der Waals surface area contributed by atoms with Crippen LogP contribution < -0.4 is 4.74 Å². The lowest BCUT2D eigenvalue weighted by atomic mass is 9.38. The molecule has 40 heavy (non-hydrogen) atoms. The summed E-state index contributed by atoms with van der Waals surface area (Å²) in [6.07, 6.45) is 1.23. The summed E-state index contributed by atoms with van der Waals surface area (Å²) < 4.78 is 39.0. The first-order valence-corrected chi connectivity index (χ1v) is 14.3. The van der Waals surface area contributed by atoms with Gasteiger partial charge >= 0.3 is 0 Å². The molecule has 0 aromatic heterocycles. The molecule has 0 bridgehead atoms. The van der Waals surface area contributed by atoms with Crippen molar-refractivity contribution < 1.29 is 33.3 Å². The molecule has 9 unspecified atom stereocenters. The number of carbonyl (C=O) groups is 2. The maximum Gasteiger partial charge on any atom is 0.178 e. The normalized spacial score (nSPS) is 45.8. The molecule has 0 amide bonds. The van der Waals surface area contributed by atoms with E-state index in [4.69, 9.17) is 4.74 Å².